The van der Waals surface area contributed by atoms with Crippen molar-refractivity contribution in [3.8, 4) is 0 Å². The summed E-state index contributed by atoms with van der Waals surface area (Å²) < 4.78 is 24.6. The highest BCUT2D eigenvalue weighted by Crippen LogP contribution is 2.15. The predicted molar refractivity (Wildman–Crippen MR) is 104 cm³/mol. The van der Waals surface area contributed by atoms with Crippen molar-refractivity contribution in [1.82, 2.24) is 4.90 Å². The molecule has 1 fully saturated rings. The van der Waals surface area contributed by atoms with Gasteiger partial charge in [0.1, 0.15) is 5.75 Å². The van der Waals surface area contributed by atoms with Crippen molar-refractivity contribution < 1.29 is 18.0 Å². The number of benzene rings is 2. The van der Waals surface area contributed by atoms with Crippen molar-refractivity contribution in [2.24, 2.45) is 0 Å². The SMILES string of the molecule is O=C(CS(=O)(=O)Cc1ccc(C(=O)N2CCCC2)cc1)Nc1ccccc1. The van der Waals surface area contributed by atoms with Gasteiger partial charge in [0.25, 0.3) is 5.91 Å². The Hall–Kier alpha value is -2.67. The number of carbonyl (C=O) groups excluding carboxylic acids is 2. The standard InChI is InChI=1S/C20H22N2O4S/c23-19(21-18-6-2-1-3-7-18)15-27(25,26)14-16-8-10-17(11-9-16)20(24)22-12-4-5-13-22/h1-3,6-11H,4-5,12-15H2,(H,21,23). The summed E-state index contributed by atoms with van der Waals surface area (Å²) in [5.74, 6) is -1.42. The maximum absolute atomic E-state index is 12.3. The Labute approximate surface area is 159 Å². The van der Waals surface area contributed by atoms with Crippen molar-refractivity contribution in [3.63, 3.8) is 0 Å². The van der Waals surface area contributed by atoms with Gasteiger partial charge in [0.15, 0.2) is 9.84 Å². The van der Waals surface area contributed by atoms with Crippen LogP contribution in [0.4, 0.5) is 5.69 Å². The van der Waals surface area contributed by atoms with Crippen LogP contribution in [0.1, 0.15) is 28.8 Å². The second kappa shape index (κ2) is 8.35. The molecule has 27 heavy (non-hydrogen) atoms. The molecule has 0 unspecified atom stereocenters. The van der Waals surface area contributed by atoms with Crippen LogP contribution in [-0.4, -0.2) is 44.0 Å². The Kier molecular flexibility index (Phi) is 5.91. The predicted octanol–water partition coefficient (Wildman–Crippen LogP) is 2.48. The topological polar surface area (TPSA) is 83.5 Å². The van der Waals surface area contributed by atoms with E-state index in [9.17, 15) is 18.0 Å². The van der Waals surface area contributed by atoms with Crippen LogP contribution in [-0.2, 0) is 20.4 Å². The molecule has 2 aromatic rings. The highest BCUT2D eigenvalue weighted by Gasteiger charge is 2.20. The third-order valence-electron chi connectivity index (χ3n) is 4.39. The van der Waals surface area contributed by atoms with E-state index < -0.39 is 21.5 Å². The zero-order valence-corrected chi connectivity index (χ0v) is 15.7. The molecule has 142 valence electrons. The summed E-state index contributed by atoms with van der Waals surface area (Å²) in [4.78, 5) is 26.1. The smallest absolute Gasteiger partial charge is 0.253 e. The lowest BCUT2D eigenvalue weighted by Gasteiger charge is -2.15. The Balaban J connectivity index is 1.58. The van der Waals surface area contributed by atoms with Crippen LogP contribution < -0.4 is 5.32 Å². The second-order valence-electron chi connectivity index (χ2n) is 6.64. The summed E-state index contributed by atoms with van der Waals surface area (Å²) in [5, 5.41) is 2.57. The van der Waals surface area contributed by atoms with Gasteiger partial charge in [0.2, 0.25) is 5.91 Å². The number of amides is 2. The second-order valence-corrected chi connectivity index (χ2v) is 8.71. The fourth-order valence-electron chi connectivity index (χ4n) is 3.07. The van der Waals surface area contributed by atoms with Crippen molar-refractivity contribution in [1.29, 1.82) is 0 Å². The molecule has 1 N–H and O–H groups in total. The number of hydrogen-bond acceptors (Lipinski definition) is 4. The van der Waals surface area contributed by atoms with Crippen molar-refractivity contribution in [2.45, 2.75) is 18.6 Å². The lowest BCUT2D eigenvalue weighted by atomic mass is 10.1. The van der Waals surface area contributed by atoms with Crippen LogP contribution in [0.3, 0.4) is 0 Å². The lowest BCUT2D eigenvalue weighted by molar-refractivity contribution is -0.113. The molecule has 2 amide bonds. The molecular weight excluding hydrogens is 364 g/mol. The first-order valence-corrected chi connectivity index (χ1v) is 10.7. The minimum Gasteiger partial charge on any atom is -0.339 e. The third kappa shape index (κ3) is 5.40. The van der Waals surface area contributed by atoms with Crippen LogP contribution in [0.5, 0.6) is 0 Å². The van der Waals surface area contributed by atoms with Gasteiger partial charge in [-0.25, -0.2) is 8.42 Å². The number of anilines is 1. The summed E-state index contributed by atoms with van der Waals surface area (Å²) in [7, 11) is -3.61. The van der Waals surface area contributed by atoms with E-state index in [2.05, 4.69) is 5.32 Å². The van der Waals surface area contributed by atoms with E-state index in [0.29, 0.717) is 16.8 Å². The first-order chi connectivity index (χ1) is 12.9. The highest BCUT2D eigenvalue weighted by molar-refractivity contribution is 7.91. The van der Waals surface area contributed by atoms with Crippen LogP contribution in [0.15, 0.2) is 54.6 Å². The number of nitrogens with one attached hydrogen (secondary N) is 1. The van der Waals surface area contributed by atoms with Gasteiger partial charge in [-0.3, -0.25) is 9.59 Å². The van der Waals surface area contributed by atoms with Gasteiger partial charge in [0.05, 0.1) is 5.75 Å². The van der Waals surface area contributed by atoms with E-state index in [1.165, 1.54) is 0 Å². The number of rotatable bonds is 6. The molecule has 1 heterocycles. The Morgan fingerprint density at radius 2 is 1.56 bits per heavy atom. The Bertz CT molecular complexity index is 903. The van der Waals surface area contributed by atoms with Gasteiger partial charge in [-0.1, -0.05) is 30.3 Å². The van der Waals surface area contributed by atoms with Crippen molar-refractivity contribution in [3.05, 3.63) is 65.7 Å². The molecule has 0 aromatic heterocycles. The van der Waals surface area contributed by atoms with Crippen LogP contribution in [0.2, 0.25) is 0 Å². The number of likely N-dealkylation sites (tertiary alicyclic amines) is 1. The zero-order chi connectivity index (χ0) is 19.3. The number of hydrogen-bond donors (Lipinski definition) is 1. The van der Waals surface area contributed by atoms with Gasteiger partial charge < -0.3 is 10.2 Å². The summed E-state index contributed by atoms with van der Waals surface area (Å²) in [6, 6.07) is 15.3. The molecular formula is C20H22N2O4S. The molecule has 2 aromatic carbocycles. The lowest BCUT2D eigenvalue weighted by Crippen LogP contribution is -2.27. The molecule has 0 bridgehead atoms. The van der Waals surface area contributed by atoms with E-state index in [-0.39, 0.29) is 11.7 Å². The maximum Gasteiger partial charge on any atom is 0.253 e. The van der Waals surface area contributed by atoms with E-state index in [1.807, 2.05) is 6.07 Å². The van der Waals surface area contributed by atoms with Gasteiger partial charge in [-0.2, -0.15) is 0 Å². The summed E-state index contributed by atoms with van der Waals surface area (Å²) in [6.07, 6.45) is 2.04. The van der Waals surface area contributed by atoms with E-state index in [1.54, 1.807) is 53.4 Å². The number of nitrogens with zero attached hydrogens (tertiary/aromatic N) is 1. The number of sulfone groups is 1. The highest BCUT2D eigenvalue weighted by atomic mass is 32.2. The van der Waals surface area contributed by atoms with Gasteiger partial charge in [0, 0.05) is 24.3 Å². The van der Waals surface area contributed by atoms with Gasteiger partial charge in [-0.05, 0) is 42.7 Å². The van der Waals surface area contributed by atoms with Crippen LogP contribution >= 0.6 is 0 Å². The van der Waals surface area contributed by atoms with Gasteiger partial charge in [-0.15, -0.1) is 0 Å². The summed E-state index contributed by atoms with van der Waals surface area (Å²) in [6.45, 7) is 1.54. The van der Waals surface area contributed by atoms with Gasteiger partial charge >= 0.3 is 0 Å². The first kappa shape index (κ1) is 19.1. The zero-order valence-electron chi connectivity index (χ0n) is 14.9. The molecule has 0 radical (unpaired) electrons. The van der Waals surface area contributed by atoms with Crippen LogP contribution in [0.25, 0.3) is 0 Å². The molecule has 1 aliphatic heterocycles. The molecule has 0 saturated carbocycles. The average Bonchev–Trinajstić information content (AvgIpc) is 3.16. The molecule has 0 spiro atoms. The quantitative estimate of drug-likeness (QED) is 0.827. The normalized spacial score (nSPS) is 14.1. The molecule has 3 rings (SSSR count). The van der Waals surface area contributed by atoms with E-state index in [0.717, 1.165) is 25.9 Å². The molecule has 0 atom stereocenters. The molecule has 1 aliphatic rings. The minimum atomic E-state index is -3.61. The largest absolute Gasteiger partial charge is 0.339 e. The fraction of sp³-hybridized carbons (Fsp3) is 0.300. The van der Waals surface area contributed by atoms with E-state index >= 15 is 0 Å². The average molecular weight is 386 g/mol. The molecule has 1 saturated heterocycles. The first-order valence-electron chi connectivity index (χ1n) is 8.86. The summed E-state index contributed by atoms with van der Waals surface area (Å²) >= 11 is 0. The summed E-state index contributed by atoms with van der Waals surface area (Å²) in [5.41, 5.74) is 1.67. The van der Waals surface area contributed by atoms with Crippen LogP contribution in [0, 0.1) is 0 Å². The Morgan fingerprint density at radius 1 is 0.926 bits per heavy atom. The Morgan fingerprint density at radius 3 is 2.19 bits per heavy atom. The third-order valence-corrected chi connectivity index (χ3v) is 5.86. The molecule has 0 aliphatic carbocycles. The fourth-order valence-corrected chi connectivity index (χ4v) is 4.34. The number of carbonyl (C=O) groups is 2. The van der Waals surface area contributed by atoms with Crippen molar-refractivity contribution in [2.75, 3.05) is 24.2 Å². The maximum atomic E-state index is 12.3. The number of para-hydroxylation sites is 1. The minimum absolute atomic E-state index is 0.0239. The molecule has 7 heteroatoms. The molecule has 6 nitrogen and oxygen atoms in total. The van der Waals surface area contributed by atoms with E-state index in [4.69, 9.17) is 0 Å². The van der Waals surface area contributed by atoms with Crippen molar-refractivity contribution >= 4 is 27.3 Å². The monoisotopic (exact) mass is 386 g/mol.